The van der Waals surface area contributed by atoms with Crippen molar-refractivity contribution in [1.29, 1.82) is 0 Å². The van der Waals surface area contributed by atoms with Crippen molar-refractivity contribution in [3.05, 3.63) is 65.7 Å². The Labute approximate surface area is 174 Å². The number of carbonyl (C=O) groups is 2. The van der Waals surface area contributed by atoms with Gasteiger partial charge in [-0.25, -0.2) is 0 Å². The van der Waals surface area contributed by atoms with Crippen LogP contribution in [0.3, 0.4) is 0 Å². The minimum Gasteiger partial charge on any atom is -0.497 e. The third-order valence-electron chi connectivity index (χ3n) is 5.10. The minimum atomic E-state index is -0.505. The van der Waals surface area contributed by atoms with E-state index >= 15 is 0 Å². The second kappa shape index (κ2) is 11.2. The van der Waals surface area contributed by atoms with Crippen LogP contribution in [0.25, 0.3) is 0 Å². The van der Waals surface area contributed by atoms with E-state index in [1.54, 1.807) is 12.0 Å². The predicted molar refractivity (Wildman–Crippen MR) is 116 cm³/mol. The van der Waals surface area contributed by atoms with Gasteiger partial charge in [-0.2, -0.15) is 0 Å². The first-order valence-electron chi connectivity index (χ1n) is 10.2. The highest BCUT2D eigenvalue weighted by Gasteiger charge is 2.29. The summed E-state index contributed by atoms with van der Waals surface area (Å²) in [4.78, 5) is 27.8. The summed E-state index contributed by atoms with van der Waals surface area (Å²) in [5, 5.41) is 3.03. The van der Waals surface area contributed by atoms with Crippen LogP contribution in [0.4, 0.5) is 0 Å². The monoisotopic (exact) mass is 396 g/mol. The first kappa shape index (κ1) is 22.5. The van der Waals surface area contributed by atoms with Crippen molar-refractivity contribution < 1.29 is 14.3 Å². The smallest absolute Gasteiger partial charge is 0.243 e. The molecule has 2 aromatic rings. The summed E-state index contributed by atoms with van der Waals surface area (Å²) in [6, 6.07) is 16.8. The Morgan fingerprint density at radius 1 is 0.966 bits per heavy atom. The number of hydrogen-bond acceptors (Lipinski definition) is 3. The lowest BCUT2D eigenvalue weighted by Gasteiger charge is -2.31. The molecule has 0 fully saturated rings. The quantitative estimate of drug-likeness (QED) is 0.661. The third kappa shape index (κ3) is 6.63. The molecule has 0 radical (unpaired) electrons. The SMILES string of the molecule is CC[C@H](C)NC(=O)[C@H](CC)N(Cc1ccccc1)C(=O)Cc1ccc(OC)cc1. The zero-order valence-corrected chi connectivity index (χ0v) is 17.9. The van der Waals surface area contributed by atoms with Gasteiger partial charge in [0.1, 0.15) is 11.8 Å². The molecular weight excluding hydrogens is 364 g/mol. The minimum absolute atomic E-state index is 0.0647. The maximum absolute atomic E-state index is 13.2. The summed E-state index contributed by atoms with van der Waals surface area (Å²) in [5.41, 5.74) is 1.90. The lowest BCUT2D eigenvalue weighted by Crippen LogP contribution is -2.51. The number of carbonyl (C=O) groups excluding carboxylic acids is 2. The van der Waals surface area contributed by atoms with Crippen molar-refractivity contribution in [1.82, 2.24) is 10.2 Å². The summed E-state index contributed by atoms with van der Waals surface area (Å²) in [5.74, 6) is 0.590. The molecule has 2 rings (SSSR count). The van der Waals surface area contributed by atoms with E-state index in [-0.39, 0.29) is 24.3 Å². The Bertz CT molecular complexity index is 774. The fourth-order valence-corrected chi connectivity index (χ4v) is 3.16. The summed E-state index contributed by atoms with van der Waals surface area (Å²) in [6.07, 6.45) is 1.65. The third-order valence-corrected chi connectivity index (χ3v) is 5.10. The van der Waals surface area contributed by atoms with Crippen molar-refractivity contribution in [2.24, 2.45) is 0 Å². The number of amides is 2. The molecular formula is C24H32N2O3. The molecule has 0 aliphatic rings. The Morgan fingerprint density at radius 3 is 2.17 bits per heavy atom. The molecule has 0 saturated heterocycles. The molecule has 5 nitrogen and oxygen atoms in total. The summed E-state index contributed by atoms with van der Waals surface area (Å²) in [6.45, 7) is 6.36. The average Bonchev–Trinajstić information content (AvgIpc) is 2.74. The zero-order chi connectivity index (χ0) is 21.2. The fraction of sp³-hybridized carbons (Fsp3) is 0.417. The number of rotatable bonds is 10. The highest BCUT2D eigenvalue weighted by atomic mass is 16.5. The van der Waals surface area contributed by atoms with Gasteiger partial charge in [0, 0.05) is 12.6 Å². The zero-order valence-electron chi connectivity index (χ0n) is 17.9. The Hall–Kier alpha value is -2.82. The molecule has 0 unspecified atom stereocenters. The topological polar surface area (TPSA) is 58.6 Å². The Kier molecular flexibility index (Phi) is 8.71. The second-order valence-corrected chi connectivity index (χ2v) is 7.27. The van der Waals surface area contributed by atoms with Crippen molar-refractivity contribution in [3.63, 3.8) is 0 Å². The van der Waals surface area contributed by atoms with Crippen molar-refractivity contribution in [2.45, 2.75) is 58.7 Å². The van der Waals surface area contributed by atoms with E-state index in [4.69, 9.17) is 4.74 Å². The largest absolute Gasteiger partial charge is 0.497 e. The van der Waals surface area contributed by atoms with Gasteiger partial charge >= 0.3 is 0 Å². The molecule has 0 spiro atoms. The highest BCUT2D eigenvalue weighted by molar-refractivity contribution is 5.88. The molecule has 0 saturated carbocycles. The molecule has 0 bridgehead atoms. The van der Waals surface area contributed by atoms with Crippen molar-refractivity contribution >= 4 is 11.8 Å². The van der Waals surface area contributed by atoms with Crippen LogP contribution >= 0.6 is 0 Å². The van der Waals surface area contributed by atoms with E-state index in [0.717, 1.165) is 23.3 Å². The summed E-state index contributed by atoms with van der Waals surface area (Å²) >= 11 is 0. The molecule has 2 atom stereocenters. The van der Waals surface area contributed by atoms with Gasteiger partial charge in [0.15, 0.2) is 0 Å². The molecule has 0 aliphatic carbocycles. The van der Waals surface area contributed by atoms with Crippen LogP contribution in [0, 0.1) is 0 Å². The average molecular weight is 397 g/mol. The normalized spacial score (nSPS) is 12.7. The Morgan fingerprint density at radius 2 is 1.62 bits per heavy atom. The molecule has 2 amide bonds. The van der Waals surface area contributed by atoms with Crippen molar-refractivity contribution in [3.8, 4) is 5.75 Å². The van der Waals surface area contributed by atoms with Crippen LogP contribution in [0.1, 0.15) is 44.7 Å². The van der Waals surface area contributed by atoms with E-state index in [9.17, 15) is 9.59 Å². The molecule has 29 heavy (non-hydrogen) atoms. The summed E-state index contributed by atoms with van der Waals surface area (Å²) < 4.78 is 5.19. The summed E-state index contributed by atoms with van der Waals surface area (Å²) in [7, 11) is 1.61. The van der Waals surface area contributed by atoms with Crippen LogP contribution in [0.2, 0.25) is 0 Å². The predicted octanol–water partition coefficient (Wildman–Crippen LogP) is 3.96. The van der Waals surface area contributed by atoms with E-state index < -0.39 is 6.04 Å². The van der Waals surface area contributed by atoms with Gasteiger partial charge in [-0.1, -0.05) is 56.3 Å². The molecule has 0 aromatic heterocycles. The van der Waals surface area contributed by atoms with E-state index in [2.05, 4.69) is 5.32 Å². The lowest BCUT2D eigenvalue weighted by atomic mass is 10.1. The van der Waals surface area contributed by atoms with Gasteiger partial charge in [0.2, 0.25) is 11.8 Å². The number of nitrogens with zero attached hydrogens (tertiary/aromatic N) is 1. The first-order valence-corrected chi connectivity index (χ1v) is 10.2. The molecule has 0 heterocycles. The van der Waals surface area contributed by atoms with Gasteiger partial charge < -0.3 is 15.0 Å². The fourth-order valence-electron chi connectivity index (χ4n) is 3.16. The Balaban J connectivity index is 2.24. The number of ether oxygens (including phenoxy) is 1. The van der Waals surface area contributed by atoms with Crippen molar-refractivity contribution in [2.75, 3.05) is 7.11 Å². The van der Waals surface area contributed by atoms with E-state index in [1.807, 2.05) is 75.4 Å². The molecule has 2 aromatic carbocycles. The van der Waals surface area contributed by atoms with Gasteiger partial charge in [0.05, 0.1) is 13.5 Å². The molecule has 156 valence electrons. The van der Waals surface area contributed by atoms with Gasteiger partial charge in [-0.05, 0) is 43.0 Å². The number of methoxy groups -OCH3 is 1. The lowest BCUT2D eigenvalue weighted by molar-refractivity contribution is -0.141. The van der Waals surface area contributed by atoms with Crippen LogP contribution in [0.15, 0.2) is 54.6 Å². The standard InChI is InChI=1S/C24H32N2O3/c1-5-18(3)25-24(28)22(6-2)26(17-20-10-8-7-9-11-20)23(27)16-19-12-14-21(29-4)15-13-19/h7-15,18,22H,5-6,16-17H2,1-4H3,(H,25,28)/t18-,22-/m0/s1. The van der Waals surface area contributed by atoms with Crippen LogP contribution in [0.5, 0.6) is 5.75 Å². The number of nitrogens with one attached hydrogen (secondary N) is 1. The molecule has 5 heteroatoms. The first-order chi connectivity index (χ1) is 14.0. The highest BCUT2D eigenvalue weighted by Crippen LogP contribution is 2.17. The van der Waals surface area contributed by atoms with E-state index in [0.29, 0.717) is 13.0 Å². The van der Waals surface area contributed by atoms with Crippen LogP contribution in [-0.4, -0.2) is 35.9 Å². The van der Waals surface area contributed by atoms with Gasteiger partial charge in [0.25, 0.3) is 0 Å². The van der Waals surface area contributed by atoms with E-state index in [1.165, 1.54) is 0 Å². The van der Waals surface area contributed by atoms with Gasteiger partial charge in [-0.3, -0.25) is 9.59 Å². The maximum Gasteiger partial charge on any atom is 0.243 e. The number of benzene rings is 2. The van der Waals surface area contributed by atoms with Crippen LogP contribution in [-0.2, 0) is 22.6 Å². The van der Waals surface area contributed by atoms with Gasteiger partial charge in [-0.15, -0.1) is 0 Å². The maximum atomic E-state index is 13.2. The number of hydrogen-bond donors (Lipinski definition) is 1. The van der Waals surface area contributed by atoms with Crippen LogP contribution < -0.4 is 10.1 Å². The second-order valence-electron chi connectivity index (χ2n) is 7.27. The molecule has 0 aliphatic heterocycles. The molecule has 1 N–H and O–H groups in total.